The fourth-order valence-electron chi connectivity index (χ4n) is 1.32. The summed E-state index contributed by atoms with van der Waals surface area (Å²) in [5.41, 5.74) is -0.353. The first-order valence-corrected chi connectivity index (χ1v) is 8.48. The molecule has 0 saturated carbocycles. The Labute approximate surface area is 126 Å². The molecule has 1 aromatic rings. The lowest BCUT2D eigenvalue weighted by atomic mass is 10.0. The number of nitrogens with one attached hydrogen (secondary N) is 1. The number of amides is 1. The molecule has 1 rings (SSSR count). The van der Waals surface area contributed by atoms with Gasteiger partial charge in [-0.3, -0.25) is 4.79 Å². The van der Waals surface area contributed by atoms with Crippen LogP contribution in [0.5, 0.6) is 0 Å². The fraction of sp³-hybridized carbons (Fsp3) is 0.583. The smallest absolute Gasteiger partial charge is 0.341 e. The second-order valence-electron chi connectivity index (χ2n) is 5.31. The molecular weight excluding hydrogens is 322 g/mol. The maximum Gasteiger partial charge on any atom is 0.341 e. The molecule has 0 saturated heterocycles. The van der Waals surface area contributed by atoms with Gasteiger partial charge >= 0.3 is 5.76 Å². The lowest BCUT2D eigenvalue weighted by Gasteiger charge is -2.32. The van der Waals surface area contributed by atoms with Crippen molar-refractivity contribution in [3.8, 4) is 0 Å². The van der Waals surface area contributed by atoms with Crippen LogP contribution in [0.4, 0.5) is 8.78 Å². The van der Waals surface area contributed by atoms with E-state index in [9.17, 15) is 22.0 Å². The summed E-state index contributed by atoms with van der Waals surface area (Å²) in [4.78, 5) is 13.1. The van der Waals surface area contributed by atoms with Crippen LogP contribution in [0.15, 0.2) is 16.3 Å². The summed E-state index contributed by atoms with van der Waals surface area (Å²) < 4.78 is 48.1. The molecule has 5 nitrogen and oxygen atoms in total. The van der Waals surface area contributed by atoms with Crippen LogP contribution in [0.3, 0.4) is 0 Å². The van der Waals surface area contributed by atoms with Crippen LogP contribution >= 0.6 is 11.3 Å². The summed E-state index contributed by atoms with van der Waals surface area (Å²) in [6.07, 6.45) is 0. The van der Waals surface area contributed by atoms with Gasteiger partial charge in [0, 0.05) is 12.1 Å². The maximum absolute atomic E-state index is 12.6. The van der Waals surface area contributed by atoms with E-state index in [4.69, 9.17) is 0 Å². The number of likely N-dealkylation sites (N-methyl/N-ethyl adjacent to an activating group) is 1. The zero-order valence-corrected chi connectivity index (χ0v) is 13.8. The Morgan fingerprint density at radius 1 is 1.43 bits per heavy atom. The number of rotatable bonds is 6. The van der Waals surface area contributed by atoms with Gasteiger partial charge in [-0.25, -0.2) is 8.42 Å². The number of thiophene rings is 1. The van der Waals surface area contributed by atoms with E-state index in [1.54, 1.807) is 0 Å². The highest BCUT2D eigenvalue weighted by Gasteiger charge is 2.32. The van der Waals surface area contributed by atoms with Gasteiger partial charge in [-0.1, -0.05) is 0 Å². The summed E-state index contributed by atoms with van der Waals surface area (Å²) >= 11 is 0.823. The molecule has 0 aliphatic rings. The molecule has 1 aromatic heterocycles. The monoisotopic (exact) mass is 340 g/mol. The minimum atomic E-state index is -4.77. The molecule has 0 spiro atoms. The molecule has 0 bridgehead atoms. The molecule has 1 amide bonds. The van der Waals surface area contributed by atoms with Gasteiger partial charge in [0.1, 0.15) is 4.88 Å². The minimum absolute atomic E-state index is 0.218. The van der Waals surface area contributed by atoms with Gasteiger partial charge in [0.05, 0.1) is 4.90 Å². The van der Waals surface area contributed by atoms with Gasteiger partial charge in [-0.2, -0.15) is 8.78 Å². The van der Waals surface area contributed by atoms with Gasteiger partial charge in [0.2, 0.25) is 9.84 Å². The molecular formula is C12H18F2N2O3S2. The van der Waals surface area contributed by atoms with E-state index in [1.807, 2.05) is 32.8 Å². The van der Waals surface area contributed by atoms with E-state index in [0.29, 0.717) is 0 Å². The SMILES string of the molecule is CN(C)C(C)(C)CNC(=O)c1sccc1S(=O)(=O)C(F)F. The van der Waals surface area contributed by atoms with Crippen molar-refractivity contribution in [1.82, 2.24) is 10.2 Å². The molecule has 0 fully saturated rings. The molecule has 9 heteroatoms. The average Bonchev–Trinajstić information content (AvgIpc) is 2.85. The molecule has 120 valence electrons. The molecule has 1 N–H and O–H groups in total. The van der Waals surface area contributed by atoms with Crippen molar-refractivity contribution >= 4 is 27.1 Å². The van der Waals surface area contributed by atoms with Crippen LogP contribution < -0.4 is 5.32 Å². The third-order valence-corrected chi connectivity index (χ3v) is 5.73. The molecule has 0 aliphatic heterocycles. The van der Waals surface area contributed by atoms with Crippen molar-refractivity contribution in [3.63, 3.8) is 0 Å². The Morgan fingerprint density at radius 3 is 2.48 bits per heavy atom. The number of halogens is 2. The first-order chi connectivity index (χ1) is 9.50. The van der Waals surface area contributed by atoms with Gasteiger partial charge in [0.15, 0.2) is 0 Å². The maximum atomic E-state index is 12.6. The zero-order valence-electron chi connectivity index (χ0n) is 12.2. The molecule has 0 atom stereocenters. The predicted molar refractivity (Wildman–Crippen MR) is 77.6 cm³/mol. The predicted octanol–water partition coefficient (Wildman–Crippen LogP) is 1.81. The van der Waals surface area contributed by atoms with Gasteiger partial charge < -0.3 is 10.2 Å². The Kier molecular flexibility index (Phi) is 5.46. The molecule has 1 heterocycles. The molecule has 0 unspecified atom stereocenters. The standard InChI is InChI=1S/C12H18F2N2O3S2/c1-12(2,16(3)4)7-15-10(17)9-8(5-6-20-9)21(18,19)11(13)14/h5-6,11H,7H2,1-4H3,(H,15,17). The van der Waals surface area contributed by atoms with Gasteiger partial charge in [-0.05, 0) is 39.4 Å². The van der Waals surface area contributed by atoms with Crippen molar-refractivity contribution in [2.24, 2.45) is 0 Å². The van der Waals surface area contributed by atoms with E-state index in [1.165, 1.54) is 5.38 Å². The van der Waals surface area contributed by atoms with Crippen LogP contribution in [0.1, 0.15) is 23.5 Å². The summed E-state index contributed by atoms with van der Waals surface area (Å²) in [6, 6.07) is 1.03. The van der Waals surface area contributed by atoms with Crippen LogP contribution in [0, 0.1) is 0 Å². The Balaban J connectivity index is 2.95. The van der Waals surface area contributed by atoms with E-state index in [0.717, 1.165) is 17.4 Å². The number of nitrogens with zero attached hydrogens (tertiary/aromatic N) is 1. The van der Waals surface area contributed by atoms with Crippen LogP contribution in [0.2, 0.25) is 0 Å². The van der Waals surface area contributed by atoms with Crippen molar-refractivity contribution in [2.45, 2.75) is 30.0 Å². The number of alkyl halides is 2. The van der Waals surface area contributed by atoms with E-state index < -0.39 is 26.4 Å². The van der Waals surface area contributed by atoms with Gasteiger partial charge in [-0.15, -0.1) is 11.3 Å². The van der Waals surface area contributed by atoms with Crippen molar-refractivity contribution in [2.75, 3.05) is 20.6 Å². The summed E-state index contributed by atoms with van der Waals surface area (Å²) in [7, 11) is -1.10. The quantitative estimate of drug-likeness (QED) is 0.858. The summed E-state index contributed by atoms with van der Waals surface area (Å²) in [5.74, 6) is -4.21. The third kappa shape index (κ3) is 3.98. The number of hydrogen-bond donors (Lipinski definition) is 1. The van der Waals surface area contributed by atoms with Crippen LogP contribution in [-0.4, -0.2) is 51.2 Å². The van der Waals surface area contributed by atoms with Crippen LogP contribution in [0.25, 0.3) is 0 Å². The van der Waals surface area contributed by atoms with E-state index in [-0.39, 0.29) is 17.0 Å². The fourth-order valence-corrected chi connectivity index (χ4v) is 3.40. The zero-order chi connectivity index (χ0) is 16.4. The first kappa shape index (κ1) is 18.0. The Hall–Kier alpha value is -1.06. The highest BCUT2D eigenvalue weighted by Crippen LogP contribution is 2.26. The van der Waals surface area contributed by atoms with E-state index in [2.05, 4.69) is 5.32 Å². The first-order valence-electron chi connectivity index (χ1n) is 6.05. The molecule has 0 radical (unpaired) electrons. The Bertz CT molecular complexity index is 610. The number of hydrogen-bond acceptors (Lipinski definition) is 5. The summed E-state index contributed by atoms with van der Waals surface area (Å²) in [5, 5.41) is 3.89. The molecule has 0 aliphatic carbocycles. The number of sulfone groups is 1. The second kappa shape index (κ2) is 6.37. The van der Waals surface area contributed by atoms with Crippen molar-refractivity contribution in [3.05, 3.63) is 16.3 Å². The summed E-state index contributed by atoms with van der Waals surface area (Å²) in [6.45, 7) is 4.03. The average molecular weight is 340 g/mol. The normalized spacial score (nSPS) is 13.0. The molecule has 0 aromatic carbocycles. The highest BCUT2D eigenvalue weighted by molar-refractivity contribution is 7.92. The lowest BCUT2D eigenvalue weighted by Crippen LogP contribution is -2.48. The van der Waals surface area contributed by atoms with Gasteiger partial charge in [0.25, 0.3) is 5.91 Å². The largest absolute Gasteiger partial charge is 0.349 e. The number of carbonyl (C=O) groups is 1. The minimum Gasteiger partial charge on any atom is -0.349 e. The highest BCUT2D eigenvalue weighted by atomic mass is 32.2. The second-order valence-corrected chi connectivity index (χ2v) is 8.11. The third-order valence-electron chi connectivity index (χ3n) is 3.27. The topological polar surface area (TPSA) is 66.5 Å². The van der Waals surface area contributed by atoms with E-state index >= 15 is 0 Å². The number of carbonyl (C=O) groups excluding carboxylic acids is 1. The van der Waals surface area contributed by atoms with Crippen molar-refractivity contribution in [1.29, 1.82) is 0 Å². The lowest BCUT2D eigenvalue weighted by molar-refractivity contribution is 0.0920. The Morgan fingerprint density at radius 2 is 2.00 bits per heavy atom. The van der Waals surface area contributed by atoms with Crippen LogP contribution in [-0.2, 0) is 9.84 Å². The van der Waals surface area contributed by atoms with Crippen molar-refractivity contribution < 1.29 is 22.0 Å². The molecule has 21 heavy (non-hydrogen) atoms.